The topological polar surface area (TPSA) is 67.2 Å². The van der Waals surface area contributed by atoms with Crippen LogP contribution >= 0.6 is 0 Å². The van der Waals surface area contributed by atoms with Crippen LogP contribution in [0, 0.1) is 6.92 Å². The van der Waals surface area contributed by atoms with Crippen LogP contribution in [0.25, 0.3) is 5.69 Å². The van der Waals surface area contributed by atoms with Gasteiger partial charge in [-0.3, -0.25) is 9.59 Å². The number of likely N-dealkylation sites (N-methyl/N-ethyl adjacent to an activating group) is 1. The molecule has 0 spiro atoms. The van der Waals surface area contributed by atoms with E-state index in [0.717, 1.165) is 11.4 Å². The molecule has 2 amide bonds. The molecule has 0 fully saturated rings. The van der Waals surface area contributed by atoms with Crippen LogP contribution < -0.4 is 5.32 Å². The van der Waals surface area contributed by atoms with Gasteiger partial charge in [-0.25, -0.2) is 4.68 Å². The van der Waals surface area contributed by atoms with Crippen molar-refractivity contribution >= 4 is 11.8 Å². The molecule has 0 unspecified atom stereocenters. The fourth-order valence-electron chi connectivity index (χ4n) is 2.35. The number of para-hydroxylation sites is 1. The molecule has 1 heterocycles. The van der Waals surface area contributed by atoms with Crippen molar-refractivity contribution < 1.29 is 9.59 Å². The smallest absolute Gasteiger partial charge is 0.274 e. The second-order valence-electron chi connectivity index (χ2n) is 6.88. The predicted octanol–water partition coefficient (Wildman–Crippen LogP) is 2.17. The van der Waals surface area contributed by atoms with Gasteiger partial charge in [0.2, 0.25) is 5.91 Å². The molecule has 1 N–H and O–H groups in total. The lowest BCUT2D eigenvalue weighted by Crippen LogP contribution is -2.46. The molecule has 6 heteroatoms. The minimum absolute atomic E-state index is 0.00660. The normalized spacial score (nSPS) is 11.2. The maximum Gasteiger partial charge on any atom is 0.274 e. The Labute approximate surface area is 142 Å². The van der Waals surface area contributed by atoms with E-state index in [4.69, 9.17) is 0 Å². The molecule has 0 aliphatic carbocycles. The number of carbonyl (C=O) groups excluding carboxylic acids is 2. The molecule has 0 radical (unpaired) electrons. The van der Waals surface area contributed by atoms with Gasteiger partial charge >= 0.3 is 0 Å². The number of carbonyl (C=O) groups is 2. The summed E-state index contributed by atoms with van der Waals surface area (Å²) < 4.78 is 1.72. The molecule has 1 aromatic carbocycles. The average molecular weight is 328 g/mol. The highest BCUT2D eigenvalue weighted by molar-refractivity contribution is 5.95. The van der Waals surface area contributed by atoms with Crippen LogP contribution in [0.4, 0.5) is 0 Å². The second kappa shape index (κ2) is 6.86. The van der Waals surface area contributed by atoms with E-state index in [0.29, 0.717) is 5.69 Å². The number of hydrogen-bond donors (Lipinski definition) is 1. The maximum atomic E-state index is 12.5. The van der Waals surface area contributed by atoms with E-state index in [1.54, 1.807) is 17.8 Å². The lowest BCUT2D eigenvalue weighted by molar-refractivity contribution is -0.122. The molecular formula is C18H24N4O2. The molecule has 0 aliphatic heterocycles. The number of nitrogens with one attached hydrogen (secondary N) is 1. The molecule has 1 aromatic heterocycles. The van der Waals surface area contributed by atoms with Gasteiger partial charge in [-0.15, -0.1) is 0 Å². The maximum absolute atomic E-state index is 12.5. The third kappa shape index (κ3) is 4.44. The fraction of sp³-hybridized carbons (Fsp3) is 0.389. The monoisotopic (exact) mass is 328 g/mol. The van der Waals surface area contributed by atoms with E-state index in [1.165, 1.54) is 4.90 Å². The molecule has 6 nitrogen and oxygen atoms in total. The summed E-state index contributed by atoms with van der Waals surface area (Å²) in [6.45, 7) is 7.59. The van der Waals surface area contributed by atoms with E-state index in [1.807, 2.05) is 58.0 Å². The van der Waals surface area contributed by atoms with Gasteiger partial charge in [0, 0.05) is 18.3 Å². The first-order valence-electron chi connectivity index (χ1n) is 7.86. The van der Waals surface area contributed by atoms with E-state index in [-0.39, 0.29) is 23.9 Å². The third-order valence-electron chi connectivity index (χ3n) is 3.35. The quantitative estimate of drug-likeness (QED) is 0.935. The van der Waals surface area contributed by atoms with E-state index >= 15 is 0 Å². The molecule has 128 valence electrons. The SMILES string of the molecule is Cc1cc(C(=O)N(C)CC(=O)NC(C)(C)C)nn1-c1ccccc1. The average Bonchev–Trinajstić information content (AvgIpc) is 2.87. The number of amides is 2. The Morgan fingerprint density at radius 2 is 1.83 bits per heavy atom. The summed E-state index contributed by atoms with van der Waals surface area (Å²) in [4.78, 5) is 25.9. The van der Waals surface area contributed by atoms with Crippen molar-refractivity contribution in [3.63, 3.8) is 0 Å². The van der Waals surface area contributed by atoms with Crippen LogP contribution in [-0.2, 0) is 4.79 Å². The molecule has 2 rings (SSSR count). The number of aromatic nitrogens is 2. The summed E-state index contributed by atoms with van der Waals surface area (Å²) in [7, 11) is 1.60. The third-order valence-corrected chi connectivity index (χ3v) is 3.35. The molecule has 0 saturated carbocycles. The first-order valence-corrected chi connectivity index (χ1v) is 7.86. The van der Waals surface area contributed by atoms with Gasteiger partial charge in [-0.1, -0.05) is 18.2 Å². The summed E-state index contributed by atoms with van der Waals surface area (Å²) in [5, 5.41) is 7.22. The first kappa shape index (κ1) is 17.7. The van der Waals surface area contributed by atoms with Gasteiger partial charge in [0.05, 0.1) is 12.2 Å². The summed E-state index contributed by atoms with van der Waals surface area (Å²) in [5.41, 5.74) is 1.74. The van der Waals surface area contributed by atoms with Crippen molar-refractivity contribution in [2.24, 2.45) is 0 Å². The molecule has 0 bridgehead atoms. The summed E-state index contributed by atoms with van der Waals surface area (Å²) in [5.74, 6) is -0.477. The van der Waals surface area contributed by atoms with Crippen LogP contribution in [0.5, 0.6) is 0 Å². The number of rotatable bonds is 4. The van der Waals surface area contributed by atoms with Crippen molar-refractivity contribution in [3.8, 4) is 5.69 Å². The molecular weight excluding hydrogens is 304 g/mol. The van der Waals surface area contributed by atoms with Crippen LogP contribution in [0.2, 0.25) is 0 Å². The summed E-state index contributed by atoms with van der Waals surface area (Å²) in [6.07, 6.45) is 0. The Bertz CT molecular complexity index is 729. The van der Waals surface area contributed by atoms with Crippen molar-refractivity contribution in [1.82, 2.24) is 20.0 Å². The predicted molar refractivity (Wildman–Crippen MR) is 93.2 cm³/mol. The lowest BCUT2D eigenvalue weighted by atomic mass is 10.1. The van der Waals surface area contributed by atoms with Gasteiger partial charge in [0.15, 0.2) is 5.69 Å². The van der Waals surface area contributed by atoms with Crippen molar-refractivity contribution in [2.75, 3.05) is 13.6 Å². The molecule has 0 atom stereocenters. The number of hydrogen-bond acceptors (Lipinski definition) is 3. The van der Waals surface area contributed by atoms with Crippen molar-refractivity contribution in [2.45, 2.75) is 33.2 Å². The van der Waals surface area contributed by atoms with E-state index in [2.05, 4.69) is 10.4 Å². The zero-order valence-electron chi connectivity index (χ0n) is 14.8. The Morgan fingerprint density at radius 1 is 1.21 bits per heavy atom. The van der Waals surface area contributed by atoms with Gasteiger partial charge in [0.25, 0.3) is 5.91 Å². The molecule has 0 saturated heterocycles. The lowest BCUT2D eigenvalue weighted by Gasteiger charge is -2.23. The molecule has 24 heavy (non-hydrogen) atoms. The van der Waals surface area contributed by atoms with Gasteiger partial charge in [-0.05, 0) is 45.9 Å². The second-order valence-corrected chi connectivity index (χ2v) is 6.88. The standard InChI is InChI=1S/C18H24N4O2/c1-13-11-15(20-22(13)14-9-7-6-8-10-14)17(24)21(5)12-16(23)19-18(2,3)4/h6-11H,12H2,1-5H3,(H,19,23). The zero-order chi connectivity index (χ0) is 17.9. The molecule has 2 aromatic rings. The highest BCUT2D eigenvalue weighted by atomic mass is 16.2. The minimum Gasteiger partial charge on any atom is -0.350 e. The Balaban J connectivity index is 2.11. The van der Waals surface area contributed by atoms with Gasteiger partial charge in [-0.2, -0.15) is 5.10 Å². The van der Waals surface area contributed by atoms with Gasteiger partial charge in [0.1, 0.15) is 0 Å². The van der Waals surface area contributed by atoms with E-state index in [9.17, 15) is 9.59 Å². The number of nitrogens with zero attached hydrogens (tertiary/aromatic N) is 3. The summed E-state index contributed by atoms with van der Waals surface area (Å²) >= 11 is 0. The highest BCUT2D eigenvalue weighted by Crippen LogP contribution is 2.13. The fourth-order valence-corrected chi connectivity index (χ4v) is 2.35. The Kier molecular flexibility index (Phi) is 5.07. The van der Waals surface area contributed by atoms with Crippen molar-refractivity contribution in [3.05, 3.63) is 47.8 Å². The first-order chi connectivity index (χ1) is 11.2. The largest absolute Gasteiger partial charge is 0.350 e. The van der Waals surface area contributed by atoms with Crippen molar-refractivity contribution in [1.29, 1.82) is 0 Å². The van der Waals surface area contributed by atoms with E-state index < -0.39 is 0 Å². The Hall–Kier alpha value is -2.63. The number of benzene rings is 1. The molecule has 0 aliphatic rings. The minimum atomic E-state index is -0.327. The zero-order valence-corrected chi connectivity index (χ0v) is 14.8. The van der Waals surface area contributed by atoms with Crippen LogP contribution in [0.15, 0.2) is 36.4 Å². The Morgan fingerprint density at radius 3 is 2.42 bits per heavy atom. The van der Waals surface area contributed by atoms with Crippen LogP contribution in [-0.4, -0.2) is 45.6 Å². The van der Waals surface area contributed by atoms with Crippen LogP contribution in [0.1, 0.15) is 37.0 Å². The van der Waals surface area contributed by atoms with Gasteiger partial charge < -0.3 is 10.2 Å². The summed E-state index contributed by atoms with van der Waals surface area (Å²) in [6, 6.07) is 11.3. The number of aryl methyl sites for hydroxylation is 1. The van der Waals surface area contributed by atoms with Crippen LogP contribution in [0.3, 0.4) is 0 Å². The highest BCUT2D eigenvalue weighted by Gasteiger charge is 2.21.